The number of carbonyl (C=O) groups is 1. The summed E-state index contributed by atoms with van der Waals surface area (Å²) in [6, 6.07) is 15.9. The molecule has 4 nitrogen and oxygen atoms in total. The van der Waals surface area contributed by atoms with E-state index in [0.717, 1.165) is 24.2 Å². The summed E-state index contributed by atoms with van der Waals surface area (Å²) in [5.74, 6) is 0.670. The molecule has 0 saturated carbocycles. The lowest BCUT2D eigenvalue weighted by atomic mass is 10.1. The average molecular weight is 341 g/mol. The number of hydrogen-bond donors (Lipinski definition) is 1. The number of rotatable bonds is 9. The van der Waals surface area contributed by atoms with Crippen molar-refractivity contribution in [3.8, 4) is 5.75 Å². The van der Waals surface area contributed by atoms with E-state index in [4.69, 9.17) is 9.47 Å². The SMILES string of the molecule is CCOCc1cc(C(=O)N[C@@H](C)CCc2ccccc2)ccc1OC. The Hall–Kier alpha value is -2.33. The van der Waals surface area contributed by atoms with Crippen LogP contribution in [-0.4, -0.2) is 25.7 Å². The first-order chi connectivity index (χ1) is 12.1. The fourth-order valence-electron chi connectivity index (χ4n) is 2.65. The molecule has 4 heteroatoms. The fourth-order valence-corrected chi connectivity index (χ4v) is 2.65. The number of carbonyl (C=O) groups excluding carboxylic acids is 1. The average Bonchev–Trinajstić information content (AvgIpc) is 2.65. The molecule has 0 saturated heterocycles. The topological polar surface area (TPSA) is 47.6 Å². The molecule has 134 valence electrons. The molecule has 0 aliphatic rings. The minimum absolute atomic E-state index is 0.0686. The molecule has 0 aromatic heterocycles. The van der Waals surface area contributed by atoms with Gasteiger partial charge in [-0.05, 0) is 50.5 Å². The molecule has 0 spiro atoms. The standard InChI is InChI=1S/C21H27NO3/c1-4-25-15-19-14-18(12-13-20(19)24-3)21(23)22-16(2)10-11-17-8-6-5-7-9-17/h5-9,12-14,16H,4,10-11,15H2,1-3H3,(H,22,23)/t16-/m0/s1. The van der Waals surface area contributed by atoms with Crippen LogP contribution in [0.2, 0.25) is 0 Å². The zero-order chi connectivity index (χ0) is 18.1. The molecule has 0 fully saturated rings. The lowest BCUT2D eigenvalue weighted by Gasteiger charge is -2.15. The van der Waals surface area contributed by atoms with Crippen molar-refractivity contribution in [2.75, 3.05) is 13.7 Å². The van der Waals surface area contributed by atoms with Crippen molar-refractivity contribution in [1.82, 2.24) is 5.32 Å². The van der Waals surface area contributed by atoms with Gasteiger partial charge in [-0.1, -0.05) is 30.3 Å². The zero-order valence-corrected chi connectivity index (χ0v) is 15.2. The fraction of sp³-hybridized carbons (Fsp3) is 0.381. The van der Waals surface area contributed by atoms with Crippen LogP contribution < -0.4 is 10.1 Å². The molecule has 1 N–H and O–H groups in total. The quantitative estimate of drug-likeness (QED) is 0.750. The highest BCUT2D eigenvalue weighted by Crippen LogP contribution is 2.21. The molecular weight excluding hydrogens is 314 g/mol. The summed E-state index contributed by atoms with van der Waals surface area (Å²) >= 11 is 0. The molecule has 1 atom stereocenters. The van der Waals surface area contributed by atoms with Crippen LogP contribution in [0.3, 0.4) is 0 Å². The van der Waals surface area contributed by atoms with Crippen LogP contribution >= 0.6 is 0 Å². The minimum Gasteiger partial charge on any atom is -0.496 e. The van der Waals surface area contributed by atoms with Crippen LogP contribution in [0.15, 0.2) is 48.5 Å². The third kappa shape index (κ3) is 5.91. The van der Waals surface area contributed by atoms with Crippen molar-refractivity contribution in [1.29, 1.82) is 0 Å². The van der Waals surface area contributed by atoms with E-state index in [-0.39, 0.29) is 11.9 Å². The van der Waals surface area contributed by atoms with Gasteiger partial charge in [0.15, 0.2) is 0 Å². The van der Waals surface area contributed by atoms with Crippen LogP contribution in [0.4, 0.5) is 0 Å². The first-order valence-corrected chi connectivity index (χ1v) is 8.73. The summed E-state index contributed by atoms with van der Waals surface area (Å²) in [6.45, 7) is 5.03. The number of aryl methyl sites for hydroxylation is 1. The summed E-state index contributed by atoms with van der Waals surface area (Å²) < 4.78 is 10.8. The maximum Gasteiger partial charge on any atom is 0.251 e. The Kier molecular flexibility index (Phi) is 7.48. The predicted molar refractivity (Wildman–Crippen MR) is 100 cm³/mol. The zero-order valence-electron chi connectivity index (χ0n) is 15.2. The molecule has 0 heterocycles. The number of benzene rings is 2. The number of ether oxygens (including phenoxy) is 2. The van der Waals surface area contributed by atoms with Gasteiger partial charge in [-0.3, -0.25) is 4.79 Å². The van der Waals surface area contributed by atoms with Gasteiger partial charge in [0.25, 0.3) is 5.91 Å². The van der Waals surface area contributed by atoms with Crippen molar-refractivity contribution in [3.63, 3.8) is 0 Å². The first-order valence-electron chi connectivity index (χ1n) is 8.73. The van der Waals surface area contributed by atoms with E-state index in [2.05, 4.69) is 17.4 Å². The monoisotopic (exact) mass is 341 g/mol. The molecular formula is C21H27NO3. The van der Waals surface area contributed by atoms with E-state index in [0.29, 0.717) is 18.8 Å². The lowest BCUT2D eigenvalue weighted by Crippen LogP contribution is -2.33. The third-order valence-electron chi connectivity index (χ3n) is 4.09. The highest BCUT2D eigenvalue weighted by atomic mass is 16.5. The minimum atomic E-state index is -0.0686. The van der Waals surface area contributed by atoms with Crippen molar-refractivity contribution in [3.05, 3.63) is 65.2 Å². The van der Waals surface area contributed by atoms with Crippen molar-refractivity contribution < 1.29 is 14.3 Å². The van der Waals surface area contributed by atoms with Crippen molar-refractivity contribution in [2.45, 2.75) is 39.3 Å². The second-order valence-corrected chi connectivity index (χ2v) is 6.06. The van der Waals surface area contributed by atoms with Crippen LogP contribution in [0.1, 0.15) is 41.8 Å². The molecule has 25 heavy (non-hydrogen) atoms. The van der Waals surface area contributed by atoms with Gasteiger partial charge in [-0.15, -0.1) is 0 Å². The second-order valence-electron chi connectivity index (χ2n) is 6.06. The molecule has 0 aliphatic carbocycles. The Morgan fingerprint density at radius 2 is 1.92 bits per heavy atom. The Morgan fingerprint density at radius 3 is 2.60 bits per heavy atom. The van der Waals surface area contributed by atoms with Crippen LogP contribution in [-0.2, 0) is 17.8 Å². The van der Waals surface area contributed by atoms with Crippen LogP contribution in [0.5, 0.6) is 5.75 Å². The highest BCUT2D eigenvalue weighted by Gasteiger charge is 2.13. The van der Waals surface area contributed by atoms with Gasteiger partial charge < -0.3 is 14.8 Å². The molecule has 2 aromatic rings. The molecule has 0 unspecified atom stereocenters. The van der Waals surface area contributed by atoms with E-state index in [9.17, 15) is 4.79 Å². The maximum atomic E-state index is 12.5. The Morgan fingerprint density at radius 1 is 1.16 bits per heavy atom. The van der Waals surface area contributed by atoms with Crippen molar-refractivity contribution in [2.24, 2.45) is 0 Å². The van der Waals surface area contributed by atoms with Gasteiger partial charge in [0, 0.05) is 23.8 Å². The predicted octanol–water partition coefficient (Wildman–Crippen LogP) is 3.98. The van der Waals surface area contributed by atoms with Gasteiger partial charge in [0.1, 0.15) is 5.75 Å². The number of methoxy groups -OCH3 is 1. The van der Waals surface area contributed by atoms with E-state index in [1.165, 1.54) is 5.56 Å². The van der Waals surface area contributed by atoms with E-state index in [1.807, 2.05) is 44.2 Å². The maximum absolute atomic E-state index is 12.5. The van der Waals surface area contributed by atoms with Gasteiger partial charge in [0.2, 0.25) is 0 Å². The molecule has 2 rings (SSSR count). The smallest absolute Gasteiger partial charge is 0.251 e. The summed E-state index contributed by atoms with van der Waals surface area (Å²) in [7, 11) is 1.62. The second kappa shape index (κ2) is 9.84. The van der Waals surface area contributed by atoms with Crippen LogP contribution in [0.25, 0.3) is 0 Å². The molecule has 0 aliphatic heterocycles. The number of nitrogens with one attached hydrogen (secondary N) is 1. The van der Waals surface area contributed by atoms with Gasteiger partial charge in [-0.2, -0.15) is 0 Å². The summed E-state index contributed by atoms with van der Waals surface area (Å²) in [4.78, 5) is 12.5. The first kappa shape index (κ1) is 19.0. The molecule has 2 aromatic carbocycles. The molecule has 0 bridgehead atoms. The lowest BCUT2D eigenvalue weighted by molar-refractivity contribution is 0.0937. The van der Waals surface area contributed by atoms with Gasteiger partial charge in [-0.25, -0.2) is 0 Å². The van der Waals surface area contributed by atoms with Gasteiger partial charge >= 0.3 is 0 Å². The Bertz CT molecular complexity index is 670. The Labute approximate surface area is 150 Å². The number of hydrogen-bond acceptors (Lipinski definition) is 3. The van der Waals surface area contributed by atoms with E-state index >= 15 is 0 Å². The van der Waals surface area contributed by atoms with Crippen molar-refractivity contribution >= 4 is 5.91 Å². The van der Waals surface area contributed by atoms with Gasteiger partial charge in [0.05, 0.1) is 13.7 Å². The third-order valence-corrected chi connectivity index (χ3v) is 4.09. The molecule has 0 radical (unpaired) electrons. The van der Waals surface area contributed by atoms with E-state index < -0.39 is 0 Å². The summed E-state index contributed by atoms with van der Waals surface area (Å²) in [6.07, 6.45) is 1.85. The summed E-state index contributed by atoms with van der Waals surface area (Å²) in [5.41, 5.74) is 2.79. The van der Waals surface area contributed by atoms with E-state index in [1.54, 1.807) is 13.2 Å². The normalized spacial score (nSPS) is 11.8. The summed E-state index contributed by atoms with van der Waals surface area (Å²) in [5, 5.41) is 3.07. The Balaban J connectivity index is 1.94. The molecule has 1 amide bonds. The number of amides is 1. The van der Waals surface area contributed by atoms with Crippen LogP contribution in [0, 0.1) is 0 Å². The highest BCUT2D eigenvalue weighted by molar-refractivity contribution is 5.94. The largest absolute Gasteiger partial charge is 0.496 e.